The predicted octanol–water partition coefficient (Wildman–Crippen LogP) is 1.81. The van der Waals surface area contributed by atoms with Crippen molar-refractivity contribution in [3.05, 3.63) is 38.2 Å². The lowest BCUT2D eigenvalue weighted by Gasteiger charge is -1.78. The maximum Gasteiger partial charge on any atom is 0.235 e. The van der Waals surface area contributed by atoms with Crippen LogP contribution in [0.5, 0.6) is 0 Å². The van der Waals surface area contributed by atoms with Crippen molar-refractivity contribution in [1.29, 1.82) is 0 Å². The van der Waals surface area contributed by atoms with E-state index >= 15 is 0 Å². The number of rotatable bonds is 3. The second-order valence-electron chi connectivity index (χ2n) is 1.96. The van der Waals surface area contributed by atoms with E-state index in [1.165, 1.54) is 17.4 Å². The number of carbonyl (C=O) groups excluding carboxylic acids is 1. The van der Waals surface area contributed by atoms with Gasteiger partial charge in [-0.2, -0.15) is 0 Å². The van der Waals surface area contributed by atoms with Crippen LogP contribution in [-0.4, -0.2) is 11.2 Å². The number of nitrogens with zero attached hydrogens (tertiary/aromatic N) is 1. The molecule has 1 heterocycles. The van der Waals surface area contributed by atoms with E-state index in [4.69, 9.17) is 0 Å². The summed E-state index contributed by atoms with van der Waals surface area (Å²) < 4.78 is 0. The molecule has 4 nitrogen and oxygen atoms in total. The standard InChI is InChI=1S/C7H5NO3S/c9-5-7-2-1-6(12-7)3-4-8(10)11/h1-5H. The first-order valence-electron chi connectivity index (χ1n) is 3.09. The van der Waals surface area contributed by atoms with Crippen molar-refractivity contribution in [2.75, 3.05) is 0 Å². The molecule has 0 radical (unpaired) electrons. The van der Waals surface area contributed by atoms with Gasteiger partial charge in [0.25, 0.3) is 0 Å². The third-order valence-corrected chi connectivity index (χ3v) is 2.10. The van der Waals surface area contributed by atoms with Crippen LogP contribution in [0.15, 0.2) is 18.3 Å². The van der Waals surface area contributed by atoms with Crippen LogP contribution in [0.2, 0.25) is 0 Å². The van der Waals surface area contributed by atoms with E-state index < -0.39 is 4.92 Å². The first-order chi connectivity index (χ1) is 5.72. The molecule has 0 unspecified atom stereocenters. The van der Waals surface area contributed by atoms with Crippen LogP contribution in [0.3, 0.4) is 0 Å². The molecule has 0 aromatic carbocycles. The lowest BCUT2D eigenvalue weighted by atomic mass is 10.4. The zero-order valence-corrected chi connectivity index (χ0v) is 6.78. The fraction of sp³-hybridized carbons (Fsp3) is 0. The summed E-state index contributed by atoms with van der Waals surface area (Å²) in [5, 5.41) is 9.90. The van der Waals surface area contributed by atoms with Crippen LogP contribution in [-0.2, 0) is 0 Å². The van der Waals surface area contributed by atoms with Gasteiger partial charge in [-0.1, -0.05) is 0 Å². The van der Waals surface area contributed by atoms with Crippen molar-refractivity contribution >= 4 is 23.7 Å². The van der Waals surface area contributed by atoms with Crippen molar-refractivity contribution < 1.29 is 9.72 Å². The molecule has 0 fully saturated rings. The molecule has 5 heteroatoms. The highest BCUT2D eigenvalue weighted by molar-refractivity contribution is 7.14. The number of thiophene rings is 1. The minimum absolute atomic E-state index is 0.541. The Morgan fingerprint density at radius 3 is 2.58 bits per heavy atom. The zero-order chi connectivity index (χ0) is 8.97. The maximum absolute atomic E-state index is 10.2. The van der Waals surface area contributed by atoms with Crippen molar-refractivity contribution in [3.63, 3.8) is 0 Å². The van der Waals surface area contributed by atoms with Crippen LogP contribution in [0.1, 0.15) is 14.5 Å². The average molecular weight is 183 g/mol. The lowest BCUT2D eigenvalue weighted by Crippen LogP contribution is -1.80. The number of carbonyl (C=O) groups is 1. The molecule has 0 atom stereocenters. The molecule has 62 valence electrons. The highest BCUT2D eigenvalue weighted by atomic mass is 32.1. The SMILES string of the molecule is O=Cc1ccc(C=C[N+](=O)[O-])s1. The Labute approximate surface area is 72.3 Å². The summed E-state index contributed by atoms with van der Waals surface area (Å²) in [4.78, 5) is 20.8. The van der Waals surface area contributed by atoms with Crippen LogP contribution < -0.4 is 0 Å². The molecule has 0 saturated carbocycles. The second kappa shape index (κ2) is 3.77. The minimum atomic E-state index is -0.541. The molecule has 0 saturated heterocycles. The monoisotopic (exact) mass is 183 g/mol. The Morgan fingerprint density at radius 1 is 1.42 bits per heavy atom. The van der Waals surface area contributed by atoms with Gasteiger partial charge in [-0.15, -0.1) is 11.3 Å². The Morgan fingerprint density at radius 2 is 2.08 bits per heavy atom. The Hall–Kier alpha value is -1.49. The van der Waals surface area contributed by atoms with Gasteiger partial charge in [-0.25, -0.2) is 0 Å². The molecule has 0 aliphatic rings. The molecule has 0 N–H and O–H groups in total. The second-order valence-corrected chi connectivity index (χ2v) is 3.11. The molecular weight excluding hydrogens is 178 g/mol. The largest absolute Gasteiger partial charge is 0.297 e. The molecule has 0 spiro atoms. The summed E-state index contributed by atoms with van der Waals surface area (Å²) in [5.41, 5.74) is 0. The highest BCUT2D eigenvalue weighted by Gasteiger charge is 1.95. The van der Waals surface area contributed by atoms with E-state index in [0.717, 1.165) is 6.20 Å². The van der Waals surface area contributed by atoms with E-state index in [0.29, 0.717) is 16.0 Å². The van der Waals surface area contributed by atoms with Gasteiger partial charge in [0.15, 0.2) is 6.29 Å². The van der Waals surface area contributed by atoms with E-state index in [2.05, 4.69) is 0 Å². The fourth-order valence-corrected chi connectivity index (χ4v) is 1.38. The van der Waals surface area contributed by atoms with Gasteiger partial charge < -0.3 is 0 Å². The first kappa shape index (κ1) is 8.61. The van der Waals surface area contributed by atoms with Gasteiger partial charge in [-0.05, 0) is 12.1 Å². The summed E-state index contributed by atoms with van der Waals surface area (Å²) in [6.45, 7) is 0. The van der Waals surface area contributed by atoms with E-state index in [9.17, 15) is 14.9 Å². The van der Waals surface area contributed by atoms with Gasteiger partial charge >= 0.3 is 0 Å². The molecule has 0 aliphatic heterocycles. The third-order valence-electron chi connectivity index (χ3n) is 1.12. The Kier molecular flexibility index (Phi) is 2.71. The molecule has 12 heavy (non-hydrogen) atoms. The molecule has 0 aliphatic carbocycles. The smallest absolute Gasteiger partial charge is 0.235 e. The van der Waals surface area contributed by atoms with Gasteiger partial charge in [0, 0.05) is 11.0 Å². The molecule has 0 amide bonds. The number of hydrogen-bond acceptors (Lipinski definition) is 4. The number of aldehydes is 1. The van der Waals surface area contributed by atoms with Crippen LogP contribution in [0, 0.1) is 10.1 Å². The average Bonchev–Trinajstić information content (AvgIpc) is 2.48. The Balaban J connectivity index is 2.76. The normalized spacial score (nSPS) is 10.3. The fourth-order valence-electron chi connectivity index (χ4n) is 0.656. The molecule has 0 bridgehead atoms. The van der Waals surface area contributed by atoms with E-state index in [1.807, 2.05) is 0 Å². The quantitative estimate of drug-likeness (QED) is 0.408. The van der Waals surface area contributed by atoms with E-state index in [-0.39, 0.29) is 0 Å². The number of hydrogen-bond donors (Lipinski definition) is 0. The summed E-state index contributed by atoms with van der Waals surface area (Å²) in [6, 6.07) is 3.28. The van der Waals surface area contributed by atoms with Gasteiger partial charge in [0.1, 0.15) is 0 Å². The molecular formula is C7H5NO3S. The van der Waals surface area contributed by atoms with Crippen LogP contribution in [0.25, 0.3) is 6.08 Å². The van der Waals surface area contributed by atoms with Crippen LogP contribution in [0.4, 0.5) is 0 Å². The molecule has 1 aromatic heterocycles. The van der Waals surface area contributed by atoms with Crippen molar-refractivity contribution in [2.24, 2.45) is 0 Å². The van der Waals surface area contributed by atoms with Crippen molar-refractivity contribution in [3.8, 4) is 0 Å². The maximum atomic E-state index is 10.2. The van der Waals surface area contributed by atoms with Crippen molar-refractivity contribution in [1.82, 2.24) is 0 Å². The summed E-state index contributed by atoms with van der Waals surface area (Å²) in [6.07, 6.45) is 2.92. The Bertz CT molecular complexity index is 329. The zero-order valence-electron chi connectivity index (χ0n) is 5.97. The molecule has 1 aromatic rings. The van der Waals surface area contributed by atoms with Crippen LogP contribution >= 0.6 is 11.3 Å². The summed E-state index contributed by atoms with van der Waals surface area (Å²) >= 11 is 1.22. The predicted molar refractivity (Wildman–Crippen MR) is 45.7 cm³/mol. The highest BCUT2D eigenvalue weighted by Crippen LogP contribution is 2.15. The number of nitro groups is 1. The van der Waals surface area contributed by atoms with E-state index in [1.54, 1.807) is 12.1 Å². The topological polar surface area (TPSA) is 60.2 Å². The van der Waals surface area contributed by atoms with Gasteiger partial charge in [0.2, 0.25) is 6.20 Å². The van der Waals surface area contributed by atoms with Gasteiger partial charge in [-0.3, -0.25) is 14.9 Å². The summed E-state index contributed by atoms with van der Waals surface area (Å²) in [7, 11) is 0. The summed E-state index contributed by atoms with van der Waals surface area (Å²) in [5.74, 6) is 0. The van der Waals surface area contributed by atoms with Gasteiger partial charge in [0.05, 0.1) is 9.80 Å². The minimum Gasteiger partial charge on any atom is -0.297 e. The lowest BCUT2D eigenvalue weighted by molar-refractivity contribution is -0.400. The molecule has 1 rings (SSSR count). The first-order valence-corrected chi connectivity index (χ1v) is 3.91. The van der Waals surface area contributed by atoms with Crippen molar-refractivity contribution in [2.45, 2.75) is 0 Å². The third kappa shape index (κ3) is 2.28.